The molecule has 2 heterocycles. The summed E-state index contributed by atoms with van der Waals surface area (Å²) in [6.07, 6.45) is 3.15. The average Bonchev–Trinajstić information content (AvgIpc) is 2.53. The first-order chi connectivity index (χ1) is 11.3. The van der Waals surface area contributed by atoms with E-state index in [0.717, 1.165) is 45.4 Å². The van der Waals surface area contributed by atoms with Crippen molar-refractivity contribution in [2.24, 2.45) is 11.3 Å². The molecule has 2 rings (SSSR count). The first kappa shape index (κ1) is 19.7. The minimum absolute atomic E-state index is 0.0199. The first-order valence-corrected chi connectivity index (χ1v) is 9.61. The van der Waals surface area contributed by atoms with Gasteiger partial charge < -0.3 is 14.7 Å². The largest absolute Gasteiger partial charge is 0.396 e. The second kappa shape index (κ2) is 8.15. The predicted molar refractivity (Wildman–Crippen MR) is 95.8 cm³/mol. The number of amides is 1. The summed E-state index contributed by atoms with van der Waals surface area (Å²) in [5.74, 6) is 0.541. The Kier molecular flexibility index (Phi) is 6.68. The zero-order valence-corrected chi connectivity index (χ0v) is 16.1. The molecule has 5 heteroatoms. The molecule has 0 saturated carbocycles. The van der Waals surface area contributed by atoms with Crippen LogP contribution in [-0.2, 0) is 9.53 Å². The average molecular weight is 341 g/mol. The van der Waals surface area contributed by atoms with Crippen LogP contribution in [-0.4, -0.2) is 71.8 Å². The van der Waals surface area contributed by atoms with E-state index in [-0.39, 0.29) is 42.1 Å². The fourth-order valence-electron chi connectivity index (χ4n) is 4.32. The fourth-order valence-corrected chi connectivity index (χ4v) is 4.32. The van der Waals surface area contributed by atoms with Gasteiger partial charge in [-0.1, -0.05) is 20.8 Å². The lowest BCUT2D eigenvalue weighted by atomic mass is 9.77. The van der Waals surface area contributed by atoms with Gasteiger partial charge in [0.15, 0.2) is 0 Å². The second-order valence-corrected chi connectivity index (χ2v) is 8.24. The smallest absolute Gasteiger partial charge is 0.240 e. The van der Waals surface area contributed by atoms with Gasteiger partial charge in [0.2, 0.25) is 5.91 Å². The number of rotatable bonds is 5. The third kappa shape index (κ3) is 4.30. The molecular formula is C19H36N2O3. The van der Waals surface area contributed by atoms with E-state index < -0.39 is 0 Å². The molecule has 0 aromatic rings. The summed E-state index contributed by atoms with van der Waals surface area (Å²) in [5.41, 5.74) is 0.0199. The van der Waals surface area contributed by atoms with Crippen molar-refractivity contribution in [1.29, 1.82) is 0 Å². The highest BCUT2D eigenvalue weighted by atomic mass is 16.5. The molecule has 2 aliphatic rings. The highest BCUT2D eigenvalue weighted by Gasteiger charge is 2.39. The van der Waals surface area contributed by atoms with Gasteiger partial charge in [0.25, 0.3) is 0 Å². The van der Waals surface area contributed by atoms with Gasteiger partial charge in [-0.25, -0.2) is 0 Å². The van der Waals surface area contributed by atoms with Crippen molar-refractivity contribution in [2.45, 2.75) is 72.1 Å². The minimum atomic E-state index is -0.0675. The predicted octanol–water partition coefficient (Wildman–Crippen LogP) is 2.13. The third-order valence-electron chi connectivity index (χ3n) is 5.95. The van der Waals surface area contributed by atoms with E-state index in [4.69, 9.17) is 4.74 Å². The molecule has 3 unspecified atom stereocenters. The number of ether oxygens (including phenoxy) is 1. The van der Waals surface area contributed by atoms with E-state index in [1.165, 1.54) is 0 Å². The van der Waals surface area contributed by atoms with E-state index in [1.54, 1.807) is 0 Å². The zero-order valence-electron chi connectivity index (χ0n) is 16.1. The molecular weight excluding hydrogens is 304 g/mol. The van der Waals surface area contributed by atoms with Crippen LogP contribution in [0.2, 0.25) is 0 Å². The number of aliphatic hydroxyl groups is 1. The van der Waals surface area contributed by atoms with Gasteiger partial charge in [0.1, 0.15) is 0 Å². The molecule has 0 spiro atoms. The number of hydrogen-bond acceptors (Lipinski definition) is 4. The van der Waals surface area contributed by atoms with Crippen LogP contribution < -0.4 is 0 Å². The summed E-state index contributed by atoms with van der Waals surface area (Å²) < 4.78 is 5.83. The summed E-state index contributed by atoms with van der Waals surface area (Å²) in [6.45, 7) is 14.0. The fraction of sp³-hybridized carbons (Fsp3) is 0.947. The molecule has 0 aromatic carbocycles. The van der Waals surface area contributed by atoms with Crippen LogP contribution in [0.4, 0.5) is 0 Å². The van der Waals surface area contributed by atoms with Crippen molar-refractivity contribution in [3.05, 3.63) is 0 Å². The van der Waals surface area contributed by atoms with Crippen LogP contribution in [0, 0.1) is 11.3 Å². The number of carbonyl (C=O) groups excluding carboxylic acids is 1. The minimum Gasteiger partial charge on any atom is -0.396 e. The number of likely N-dealkylation sites (tertiary alicyclic amines) is 1. The van der Waals surface area contributed by atoms with Gasteiger partial charge in [0.05, 0.1) is 18.2 Å². The molecule has 1 N–H and O–H groups in total. The summed E-state index contributed by atoms with van der Waals surface area (Å²) in [7, 11) is 0. The van der Waals surface area contributed by atoms with Gasteiger partial charge in [-0.3, -0.25) is 9.69 Å². The van der Waals surface area contributed by atoms with Crippen LogP contribution in [0.1, 0.15) is 53.9 Å². The van der Waals surface area contributed by atoms with Gasteiger partial charge >= 0.3 is 0 Å². The number of nitrogens with zero attached hydrogens (tertiary/aromatic N) is 2. The number of piperidine rings is 1. The molecule has 0 radical (unpaired) electrons. The van der Waals surface area contributed by atoms with Gasteiger partial charge in [-0.05, 0) is 44.4 Å². The SMILES string of the molecule is CCC1(CO)CCN(C(=O)C(C(C)C)N2CC(C)OC(C)C2)CC1. The Hall–Kier alpha value is -0.650. The van der Waals surface area contributed by atoms with Crippen LogP contribution in [0.15, 0.2) is 0 Å². The normalized spacial score (nSPS) is 29.7. The van der Waals surface area contributed by atoms with Crippen LogP contribution >= 0.6 is 0 Å². The molecule has 24 heavy (non-hydrogen) atoms. The maximum Gasteiger partial charge on any atom is 0.240 e. The third-order valence-corrected chi connectivity index (χ3v) is 5.95. The van der Waals surface area contributed by atoms with Crippen LogP contribution in [0.3, 0.4) is 0 Å². The zero-order chi connectivity index (χ0) is 17.9. The van der Waals surface area contributed by atoms with Crippen molar-refractivity contribution < 1.29 is 14.6 Å². The monoisotopic (exact) mass is 340 g/mol. The summed E-state index contributed by atoms with van der Waals surface area (Å²) in [5, 5.41) is 9.70. The van der Waals surface area contributed by atoms with E-state index in [1.807, 2.05) is 4.90 Å². The first-order valence-electron chi connectivity index (χ1n) is 9.61. The highest BCUT2D eigenvalue weighted by molar-refractivity contribution is 5.82. The maximum atomic E-state index is 13.2. The van der Waals surface area contributed by atoms with E-state index in [0.29, 0.717) is 0 Å². The van der Waals surface area contributed by atoms with Crippen molar-refractivity contribution in [2.75, 3.05) is 32.8 Å². The Labute approximate surface area is 147 Å². The van der Waals surface area contributed by atoms with Crippen molar-refractivity contribution in [3.8, 4) is 0 Å². The lowest BCUT2D eigenvalue weighted by Gasteiger charge is -2.45. The summed E-state index contributed by atoms with van der Waals surface area (Å²) in [6, 6.07) is -0.0675. The quantitative estimate of drug-likeness (QED) is 0.833. The lowest BCUT2D eigenvalue weighted by molar-refractivity contribution is -0.148. The molecule has 0 aromatic heterocycles. The molecule has 0 bridgehead atoms. The molecule has 5 nitrogen and oxygen atoms in total. The van der Waals surface area contributed by atoms with Gasteiger partial charge in [-0.2, -0.15) is 0 Å². The summed E-state index contributed by atoms with van der Waals surface area (Å²) in [4.78, 5) is 17.6. The van der Waals surface area contributed by atoms with E-state index >= 15 is 0 Å². The van der Waals surface area contributed by atoms with Crippen molar-refractivity contribution in [3.63, 3.8) is 0 Å². The number of hydrogen-bond donors (Lipinski definition) is 1. The van der Waals surface area contributed by atoms with Crippen LogP contribution in [0.5, 0.6) is 0 Å². The highest BCUT2D eigenvalue weighted by Crippen LogP contribution is 2.35. The number of aliphatic hydroxyl groups excluding tert-OH is 1. The molecule has 3 atom stereocenters. The molecule has 2 fully saturated rings. The van der Waals surface area contributed by atoms with Gasteiger partial charge in [0, 0.05) is 32.8 Å². The van der Waals surface area contributed by atoms with Crippen molar-refractivity contribution >= 4 is 5.91 Å². The Balaban J connectivity index is 2.05. The second-order valence-electron chi connectivity index (χ2n) is 8.24. The topological polar surface area (TPSA) is 53.0 Å². The Morgan fingerprint density at radius 1 is 1.21 bits per heavy atom. The summed E-state index contributed by atoms with van der Waals surface area (Å²) >= 11 is 0. The molecule has 2 saturated heterocycles. The van der Waals surface area contributed by atoms with Crippen LogP contribution in [0.25, 0.3) is 0 Å². The molecule has 1 amide bonds. The Bertz CT molecular complexity index is 403. The van der Waals surface area contributed by atoms with Gasteiger partial charge in [-0.15, -0.1) is 0 Å². The van der Waals surface area contributed by atoms with E-state index in [2.05, 4.69) is 39.5 Å². The maximum absolute atomic E-state index is 13.2. The van der Waals surface area contributed by atoms with Crippen molar-refractivity contribution in [1.82, 2.24) is 9.80 Å². The van der Waals surface area contributed by atoms with E-state index in [9.17, 15) is 9.90 Å². The number of morpholine rings is 1. The Morgan fingerprint density at radius 2 is 1.75 bits per heavy atom. The Morgan fingerprint density at radius 3 is 2.17 bits per heavy atom. The molecule has 0 aliphatic carbocycles. The molecule has 140 valence electrons. The molecule has 2 aliphatic heterocycles. The standard InChI is InChI=1S/C19H36N2O3/c1-6-19(13-22)7-9-20(10-8-19)18(23)17(14(2)3)21-11-15(4)24-16(5)12-21/h14-17,22H,6-13H2,1-5H3. The lowest BCUT2D eigenvalue weighted by Crippen LogP contribution is -2.59. The number of carbonyl (C=O) groups is 1.